The summed E-state index contributed by atoms with van der Waals surface area (Å²) in [4.78, 5) is 12.2. The smallest absolute Gasteiger partial charge is 0.346 e. The van der Waals surface area contributed by atoms with Crippen LogP contribution in [0.15, 0.2) is 24.3 Å². The number of benzene rings is 2. The lowest BCUT2D eigenvalue weighted by Gasteiger charge is -2.11. The van der Waals surface area contributed by atoms with Crippen molar-refractivity contribution in [2.75, 3.05) is 0 Å². The summed E-state index contributed by atoms with van der Waals surface area (Å²) >= 11 is 24.0. The van der Waals surface area contributed by atoms with Crippen molar-refractivity contribution in [3.05, 3.63) is 61.0 Å². The van der Waals surface area contributed by atoms with Gasteiger partial charge in [-0.15, -0.1) is 0 Å². The van der Waals surface area contributed by atoms with E-state index in [1.807, 2.05) is 13.8 Å². The largest absolute Gasteiger partial charge is 0.423 e. The van der Waals surface area contributed by atoms with Crippen LogP contribution in [0.5, 0.6) is 5.75 Å². The highest BCUT2D eigenvalue weighted by atomic mass is 35.5. The van der Waals surface area contributed by atoms with E-state index in [-0.39, 0.29) is 20.6 Å². The summed E-state index contributed by atoms with van der Waals surface area (Å²) in [6, 6.07) is 6.34. The minimum absolute atomic E-state index is 0.0380. The molecule has 2 nitrogen and oxygen atoms in total. The van der Waals surface area contributed by atoms with Crippen LogP contribution in [0.25, 0.3) is 0 Å². The van der Waals surface area contributed by atoms with E-state index < -0.39 is 5.97 Å². The van der Waals surface area contributed by atoms with Crippen LogP contribution in [0.2, 0.25) is 20.1 Å². The van der Waals surface area contributed by atoms with Gasteiger partial charge < -0.3 is 4.74 Å². The minimum atomic E-state index is -0.673. The van der Waals surface area contributed by atoms with Crippen molar-refractivity contribution in [3.8, 4) is 5.75 Å². The van der Waals surface area contributed by atoms with E-state index in [4.69, 9.17) is 51.1 Å². The molecule has 0 saturated heterocycles. The van der Waals surface area contributed by atoms with E-state index in [0.29, 0.717) is 10.8 Å². The second-order valence-electron chi connectivity index (χ2n) is 4.48. The average molecular weight is 364 g/mol. The van der Waals surface area contributed by atoms with Gasteiger partial charge in [0.2, 0.25) is 0 Å². The van der Waals surface area contributed by atoms with Gasteiger partial charge in [-0.05, 0) is 49.2 Å². The quantitative estimate of drug-likeness (QED) is 0.364. The fourth-order valence-corrected chi connectivity index (χ4v) is 2.63. The lowest BCUT2D eigenvalue weighted by Crippen LogP contribution is -2.10. The van der Waals surface area contributed by atoms with E-state index >= 15 is 0 Å². The number of rotatable bonds is 2. The Labute approximate surface area is 142 Å². The summed E-state index contributed by atoms with van der Waals surface area (Å²) in [5.41, 5.74) is 1.65. The maximum absolute atomic E-state index is 12.2. The van der Waals surface area contributed by atoms with Crippen LogP contribution in [-0.2, 0) is 0 Å². The molecule has 110 valence electrons. The van der Waals surface area contributed by atoms with Gasteiger partial charge in [-0.1, -0.05) is 46.4 Å². The van der Waals surface area contributed by atoms with Gasteiger partial charge in [0.05, 0.1) is 20.6 Å². The Hall–Kier alpha value is -0.930. The molecule has 0 atom stereocenters. The fraction of sp³-hybridized carbons (Fsp3) is 0.133. The molecule has 6 heteroatoms. The van der Waals surface area contributed by atoms with Crippen molar-refractivity contribution in [3.63, 3.8) is 0 Å². The summed E-state index contributed by atoms with van der Waals surface area (Å²) in [5.74, 6) is -0.305. The topological polar surface area (TPSA) is 26.3 Å². The van der Waals surface area contributed by atoms with Gasteiger partial charge in [0.1, 0.15) is 5.75 Å². The number of hydrogen-bond acceptors (Lipinski definition) is 2. The first-order valence-electron chi connectivity index (χ1n) is 5.93. The van der Waals surface area contributed by atoms with Crippen molar-refractivity contribution in [2.45, 2.75) is 13.8 Å². The Kier molecular flexibility index (Phi) is 5.05. The predicted octanol–water partition coefficient (Wildman–Crippen LogP) is 6.14. The Morgan fingerprint density at radius 3 is 2.00 bits per heavy atom. The standard InChI is InChI=1S/C15H10Cl4O2/c1-7-5-9(6-8(2)13(7)18)21-15(20)12-10(16)3-4-11(17)14(12)19/h3-6H,1-2H3. The summed E-state index contributed by atoms with van der Waals surface area (Å²) in [6.45, 7) is 3.65. The SMILES string of the molecule is Cc1cc(OC(=O)c2c(Cl)ccc(Cl)c2Cl)cc(C)c1Cl. The first-order chi connectivity index (χ1) is 9.81. The monoisotopic (exact) mass is 362 g/mol. The Bertz CT molecular complexity index is 703. The molecule has 2 aromatic carbocycles. The van der Waals surface area contributed by atoms with E-state index in [1.54, 1.807) is 12.1 Å². The summed E-state index contributed by atoms with van der Waals surface area (Å²) in [6.07, 6.45) is 0. The number of hydrogen-bond donors (Lipinski definition) is 0. The summed E-state index contributed by atoms with van der Waals surface area (Å²) in [7, 11) is 0. The zero-order valence-corrected chi connectivity index (χ0v) is 14.2. The van der Waals surface area contributed by atoms with Gasteiger partial charge in [-0.25, -0.2) is 4.79 Å². The predicted molar refractivity (Wildman–Crippen MR) is 87.4 cm³/mol. The number of esters is 1. The lowest BCUT2D eigenvalue weighted by atomic mass is 10.1. The lowest BCUT2D eigenvalue weighted by molar-refractivity contribution is 0.0735. The van der Waals surface area contributed by atoms with E-state index in [9.17, 15) is 4.79 Å². The molecule has 0 radical (unpaired) electrons. The molecule has 0 aromatic heterocycles. The summed E-state index contributed by atoms with van der Waals surface area (Å²) in [5, 5.41) is 1.11. The van der Waals surface area contributed by atoms with Gasteiger partial charge in [-0.2, -0.15) is 0 Å². The van der Waals surface area contributed by atoms with Gasteiger partial charge in [0.15, 0.2) is 0 Å². The second-order valence-corrected chi connectivity index (χ2v) is 6.05. The Balaban J connectivity index is 2.37. The highest BCUT2D eigenvalue weighted by molar-refractivity contribution is 6.46. The molecule has 0 bridgehead atoms. The molecule has 21 heavy (non-hydrogen) atoms. The molecule has 0 N–H and O–H groups in total. The van der Waals surface area contributed by atoms with Crippen molar-refractivity contribution < 1.29 is 9.53 Å². The number of ether oxygens (including phenoxy) is 1. The Morgan fingerprint density at radius 1 is 0.905 bits per heavy atom. The van der Waals surface area contributed by atoms with Gasteiger partial charge in [0, 0.05) is 5.02 Å². The van der Waals surface area contributed by atoms with Gasteiger partial charge in [0.25, 0.3) is 0 Å². The normalized spacial score (nSPS) is 10.6. The summed E-state index contributed by atoms with van der Waals surface area (Å²) < 4.78 is 5.31. The third-order valence-corrected chi connectivity index (χ3v) is 4.58. The van der Waals surface area contributed by atoms with Crippen molar-refractivity contribution in [1.82, 2.24) is 0 Å². The second kappa shape index (κ2) is 6.45. The highest BCUT2D eigenvalue weighted by Gasteiger charge is 2.20. The van der Waals surface area contributed by atoms with Crippen LogP contribution in [0.3, 0.4) is 0 Å². The first kappa shape index (κ1) is 16.4. The van der Waals surface area contributed by atoms with E-state index in [0.717, 1.165) is 11.1 Å². The molecular formula is C15H10Cl4O2. The fourth-order valence-electron chi connectivity index (χ4n) is 1.84. The molecule has 0 heterocycles. The van der Waals surface area contributed by atoms with Crippen molar-refractivity contribution in [2.24, 2.45) is 0 Å². The molecule has 0 aliphatic heterocycles. The molecule has 0 amide bonds. The van der Waals surface area contributed by atoms with Crippen LogP contribution >= 0.6 is 46.4 Å². The third-order valence-electron chi connectivity index (χ3n) is 2.87. The third kappa shape index (κ3) is 3.46. The molecule has 2 rings (SSSR count). The number of carbonyl (C=O) groups excluding carboxylic acids is 1. The molecule has 0 aliphatic carbocycles. The first-order valence-corrected chi connectivity index (χ1v) is 7.45. The maximum Gasteiger partial charge on any atom is 0.346 e. The zero-order valence-electron chi connectivity index (χ0n) is 11.1. The molecule has 2 aromatic rings. The molecule has 0 saturated carbocycles. The average Bonchev–Trinajstić information content (AvgIpc) is 2.40. The zero-order chi connectivity index (χ0) is 15.7. The minimum Gasteiger partial charge on any atom is -0.423 e. The van der Waals surface area contributed by atoms with Crippen LogP contribution in [0, 0.1) is 13.8 Å². The molecule has 0 aliphatic rings. The number of aryl methyl sites for hydroxylation is 2. The van der Waals surface area contributed by atoms with Crippen LogP contribution in [-0.4, -0.2) is 5.97 Å². The van der Waals surface area contributed by atoms with Crippen LogP contribution in [0.4, 0.5) is 0 Å². The van der Waals surface area contributed by atoms with Crippen LogP contribution in [0.1, 0.15) is 21.5 Å². The molecular weight excluding hydrogens is 354 g/mol. The van der Waals surface area contributed by atoms with Crippen LogP contribution < -0.4 is 4.74 Å². The number of carbonyl (C=O) groups is 1. The maximum atomic E-state index is 12.2. The Morgan fingerprint density at radius 2 is 1.43 bits per heavy atom. The van der Waals surface area contributed by atoms with Crippen molar-refractivity contribution in [1.29, 1.82) is 0 Å². The highest BCUT2D eigenvalue weighted by Crippen LogP contribution is 2.33. The van der Waals surface area contributed by atoms with E-state index in [2.05, 4.69) is 0 Å². The van der Waals surface area contributed by atoms with Gasteiger partial charge in [-0.3, -0.25) is 0 Å². The molecule has 0 fully saturated rings. The number of halogens is 4. The molecule has 0 unspecified atom stereocenters. The van der Waals surface area contributed by atoms with E-state index in [1.165, 1.54) is 12.1 Å². The van der Waals surface area contributed by atoms with Gasteiger partial charge >= 0.3 is 5.97 Å². The van der Waals surface area contributed by atoms with Crippen molar-refractivity contribution >= 4 is 52.4 Å². The molecule has 0 spiro atoms.